The van der Waals surface area contributed by atoms with Crippen molar-refractivity contribution in [3.8, 4) is 11.5 Å². The molecule has 0 unspecified atom stereocenters. The van der Waals surface area contributed by atoms with Gasteiger partial charge in [-0.05, 0) is 24.6 Å². The van der Waals surface area contributed by atoms with Crippen LogP contribution in [0.4, 0.5) is 0 Å². The van der Waals surface area contributed by atoms with Gasteiger partial charge in [0, 0.05) is 6.54 Å². The minimum Gasteiger partial charge on any atom is -0.493 e. The molecule has 2 atom stereocenters. The Balaban J connectivity index is 2.01. The van der Waals surface area contributed by atoms with E-state index >= 15 is 0 Å². The lowest BCUT2D eigenvalue weighted by atomic mass is 9.98. The van der Waals surface area contributed by atoms with Crippen LogP contribution in [-0.4, -0.2) is 47.4 Å². The number of carbonyl (C=O) groups excluding carboxylic acids is 2. The average molecular weight is 389 g/mol. The highest BCUT2D eigenvalue weighted by Crippen LogP contribution is 2.37. The fourth-order valence-electron chi connectivity index (χ4n) is 3.16. The molecule has 1 aromatic carbocycles. The fraction of sp³-hybridized carbons (Fsp3) is 0.444. The highest BCUT2D eigenvalue weighted by atomic mass is 16.5. The number of amides is 2. The number of aryl methyl sites for hydroxylation is 1. The van der Waals surface area contributed by atoms with Gasteiger partial charge in [-0.3, -0.25) is 9.59 Å². The maximum Gasteiger partial charge on any atom is 0.246 e. The zero-order chi connectivity index (χ0) is 20.3. The molecule has 0 aliphatic carbocycles. The maximum atomic E-state index is 12.0. The molecule has 10 heteroatoms. The van der Waals surface area contributed by atoms with Crippen molar-refractivity contribution in [2.75, 3.05) is 20.8 Å². The lowest BCUT2D eigenvalue weighted by molar-refractivity contribution is -0.138. The molecule has 150 valence electrons. The van der Waals surface area contributed by atoms with E-state index in [1.54, 1.807) is 31.0 Å². The number of morpholine rings is 1. The summed E-state index contributed by atoms with van der Waals surface area (Å²) in [6.45, 7) is 2.32. The average Bonchev–Trinajstić information content (AvgIpc) is 3.09. The molecule has 28 heavy (non-hydrogen) atoms. The normalized spacial score (nSPS) is 19.2. The SMILES string of the molecule is CCn1nc(CC(N)=O)nc1[C@H]1OCC(=O)N[C@@H]1c1ccc(OC)c(OC)c1. The van der Waals surface area contributed by atoms with Gasteiger partial charge in [-0.1, -0.05) is 6.07 Å². The summed E-state index contributed by atoms with van der Waals surface area (Å²) in [7, 11) is 3.09. The Morgan fingerprint density at radius 2 is 2.11 bits per heavy atom. The fourth-order valence-corrected chi connectivity index (χ4v) is 3.16. The standard InChI is InChI=1S/C18H23N5O5/c1-4-23-18(20-14(22-23)8-13(19)24)17-16(21-15(25)9-28-17)10-5-6-11(26-2)12(7-10)27-3/h5-7,16-17H,4,8-9H2,1-3H3,(H2,19,24)(H,21,25)/t16-,17+/m1/s1. The summed E-state index contributed by atoms with van der Waals surface area (Å²) < 4.78 is 18.1. The number of nitrogens with two attached hydrogens (primary N) is 1. The van der Waals surface area contributed by atoms with E-state index < -0.39 is 18.1 Å². The molecule has 3 N–H and O–H groups in total. The summed E-state index contributed by atoms with van der Waals surface area (Å²) in [5.41, 5.74) is 6.02. The minimum absolute atomic E-state index is 0.0693. The summed E-state index contributed by atoms with van der Waals surface area (Å²) in [5.74, 6) is 1.18. The number of benzene rings is 1. The zero-order valence-electron chi connectivity index (χ0n) is 16.0. The Bertz CT molecular complexity index is 881. The molecule has 2 aromatic rings. The Labute approximate surface area is 162 Å². The number of nitrogens with zero attached hydrogens (tertiary/aromatic N) is 3. The number of nitrogens with one attached hydrogen (secondary N) is 1. The van der Waals surface area contributed by atoms with E-state index in [0.717, 1.165) is 5.56 Å². The van der Waals surface area contributed by atoms with Crippen LogP contribution in [0.25, 0.3) is 0 Å². The van der Waals surface area contributed by atoms with Crippen LogP contribution in [0.5, 0.6) is 11.5 Å². The van der Waals surface area contributed by atoms with Crippen molar-refractivity contribution in [2.24, 2.45) is 5.73 Å². The van der Waals surface area contributed by atoms with Gasteiger partial charge < -0.3 is 25.3 Å². The van der Waals surface area contributed by atoms with Crippen LogP contribution >= 0.6 is 0 Å². The Hall–Kier alpha value is -3.14. The zero-order valence-corrected chi connectivity index (χ0v) is 16.0. The van der Waals surface area contributed by atoms with Crippen LogP contribution in [0.3, 0.4) is 0 Å². The van der Waals surface area contributed by atoms with Gasteiger partial charge in [0.15, 0.2) is 23.1 Å². The molecule has 10 nitrogen and oxygen atoms in total. The van der Waals surface area contributed by atoms with Crippen molar-refractivity contribution in [3.05, 3.63) is 35.4 Å². The van der Waals surface area contributed by atoms with E-state index in [0.29, 0.717) is 29.7 Å². The van der Waals surface area contributed by atoms with Crippen molar-refractivity contribution in [1.29, 1.82) is 0 Å². The highest BCUT2D eigenvalue weighted by Gasteiger charge is 2.36. The summed E-state index contributed by atoms with van der Waals surface area (Å²) in [6.07, 6.45) is -0.662. The van der Waals surface area contributed by atoms with Crippen molar-refractivity contribution < 1.29 is 23.8 Å². The molecule has 0 saturated carbocycles. The van der Waals surface area contributed by atoms with Gasteiger partial charge in [0.2, 0.25) is 11.8 Å². The van der Waals surface area contributed by atoms with Gasteiger partial charge in [-0.25, -0.2) is 9.67 Å². The van der Waals surface area contributed by atoms with E-state index in [1.807, 2.05) is 13.0 Å². The molecule has 1 aliphatic rings. The molecule has 2 heterocycles. The molecule has 1 fully saturated rings. The first kappa shape index (κ1) is 19.6. The molecule has 1 saturated heterocycles. The van der Waals surface area contributed by atoms with E-state index in [2.05, 4.69) is 15.4 Å². The van der Waals surface area contributed by atoms with Crippen molar-refractivity contribution in [1.82, 2.24) is 20.1 Å². The smallest absolute Gasteiger partial charge is 0.246 e. The first-order valence-corrected chi connectivity index (χ1v) is 8.81. The van der Waals surface area contributed by atoms with Crippen LogP contribution < -0.4 is 20.5 Å². The van der Waals surface area contributed by atoms with E-state index in [-0.39, 0.29) is 18.9 Å². The lowest BCUT2D eigenvalue weighted by Crippen LogP contribution is -2.42. The third-order valence-electron chi connectivity index (χ3n) is 4.41. The third-order valence-corrected chi connectivity index (χ3v) is 4.41. The maximum absolute atomic E-state index is 12.0. The van der Waals surface area contributed by atoms with Gasteiger partial charge in [-0.15, -0.1) is 0 Å². The number of carbonyl (C=O) groups is 2. The predicted octanol–water partition coefficient (Wildman–Crippen LogP) is 0.272. The van der Waals surface area contributed by atoms with E-state index in [9.17, 15) is 9.59 Å². The van der Waals surface area contributed by atoms with Crippen molar-refractivity contribution >= 4 is 11.8 Å². The monoisotopic (exact) mass is 389 g/mol. The third kappa shape index (κ3) is 3.91. The Morgan fingerprint density at radius 3 is 2.75 bits per heavy atom. The van der Waals surface area contributed by atoms with Gasteiger partial charge in [0.1, 0.15) is 12.7 Å². The van der Waals surface area contributed by atoms with Crippen LogP contribution in [0.15, 0.2) is 18.2 Å². The number of ether oxygens (including phenoxy) is 3. The number of hydrogen-bond donors (Lipinski definition) is 2. The van der Waals surface area contributed by atoms with Gasteiger partial charge >= 0.3 is 0 Å². The topological polar surface area (TPSA) is 131 Å². The summed E-state index contributed by atoms with van der Waals surface area (Å²) in [6, 6.07) is 4.85. The lowest BCUT2D eigenvalue weighted by Gasteiger charge is -2.32. The van der Waals surface area contributed by atoms with Crippen molar-refractivity contribution in [2.45, 2.75) is 32.0 Å². The number of hydrogen-bond acceptors (Lipinski definition) is 7. The molecule has 1 aliphatic heterocycles. The largest absolute Gasteiger partial charge is 0.493 e. The summed E-state index contributed by atoms with van der Waals surface area (Å²) in [5, 5.41) is 7.26. The number of methoxy groups -OCH3 is 2. The number of primary amides is 1. The molecule has 0 bridgehead atoms. The van der Waals surface area contributed by atoms with Crippen LogP contribution in [0.1, 0.15) is 36.3 Å². The molecule has 0 spiro atoms. The molecular weight excluding hydrogens is 366 g/mol. The van der Waals surface area contributed by atoms with E-state index in [4.69, 9.17) is 19.9 Å². The van der Waals surface area contributed by atoms with Crippen LogP contribution in [0.2, 0.25) is 0 Å². The molecule has 0 radical (unpaired) electrons. The number of rotatable bonds is 7. The highest BCUT2D eigenvalue weighted by molar-refractivity contribution is 5.78. The quantitative estimate of drug-likeness (QED) is 0.695. The van der Waals surface area contributed by atoms with Crippen LogP contribution in [-0.2, 0) is 27.3 Å². The summed E-state index contributed by atoms with van der Waals surface area (Å²) in [4.78, 5) is 27.7. The second kappa shape index (κ2) is 8.26. The Kier molecular flexibility index (Phi) is 5.78. The van der Waals surface area contributed by atoms with E-state index in [1.165, 1.54) is 0 Å². The molecule has 3 rings (SSSR count). The molecule has 1 aromatic heterocycles. The van der Waals surface area contributed by atoms with Gasteiger partial charge in [-0.2, -0.15) is 5.10 Å². The molecule has 2 amide bonds. The summed E-state index contributed by atoms with van der Waals surface area (Å²) >= 11 is 0. The van der Waals surface area contributed by atoms with Gasteiger partial charge in [0.05, 0.1) is 26.7 Å². The second-order valence-corrected chi connectivity index (χ2v) is 6.24. The second-order valence-electron chi connectivity index (χ2n) is 6.24. The van der Waals surface area contributed by atoms with Crippen molar-refractivity contribution in [3.63, 3.8) is 0 Å². The van der Waals surface area contributed by atoms with Gasteiger partial charge in [0.25, 0.3) is 0 Å². The number of aromatic nitrogens is 3. The molecular formula is C18H23N5O5. The van der Waals surface area contributed by atoms with Crippen LogP contribution in [0, 0.1) is 0 Å². The predicted molar refractivity (Wildman–Crippen MR) is 97.7 cm³/mol. The minimum atomic E-state index is -0.593. The Morgan fingerprint density at radius 1 is 1.36 bits per heavy atom. The first-order valence-electron chi connectivity index (χ1n) is 8.81. The first-order chi connectivity index (χ1) is 13.5.